The van der Waals surface area contributed by atoms with Gasteiger partial charge in [0.15, 0.2) is 6.29 Å². The maximum absolute atomic E-state index is 5.37. The third kappa shape index (κ3) is 4.42. The van der Waals surface area contributed by atoms with Crippen molar-refractivity contribution >= 4 is 22.9 Å². The highest BCUT2D eigenvalue weighted by molar-refractivity contribution is 7.80. The van der Waals surface area contributed by atoms with Crippen LogP contribution in [0.2, 0.25) is 0 Å². The molecule has 1 N–H and O–H groups in total. The Hall–Kier alpha value is -0.970. The molecular weight excluding hydrogens is 234 g/mol. The van der Waals surface area contributed by atoms with Gasteiger partial charge in [-0.3, -0.25) is 0 Å². The summed E-state index contributed by atoms with van der Waals surface area (Å²) in [7, 11) is 0. The number of thiocarbonyl (C=S) groups is 1. The Morgan fingerprint density at radius 1 is 1.24 bits per heavy atom. The molecule has 0 unspecified atom stereocenters. The molecule has 0 bridgehead atoms. The average molecular weight is 251 g/mol. The van der Waals surface area contributed by atoms with E-state index in [1.54, 1.807) is 0 Å². The van der Waals surface area contributed by atoms with Gasteiger partial charge in [-0.15, -0.1) is 0 Å². The summed E-state index contributed by atoms with van der Waals surface area (Å²) in [5, 5.41) is 3.22. The summed E-state index contributed by atoms with van der Waals surface area (Å²) in [6, 6.07) is 9.99. The third-order valence-electron chi connectivity index (χ3n) is 2.59. The summed E-state index contributed by atoms with van der Waals surface area (Å²) in [5.74, 6) is 0. The molecule has 0 saturated carbocycles. The molecule has 1 aromatic rings. The number of anilines is 1. The molecule has 0 amide bonds. The number of para-hydroxylation sites is 1. The molecule has 17 heavy (non-hydrogen) atoms. The second-order valence-electron chi connectivity index (χ2n) is 3.98. The first-order valence-electron chi connectivity index (χ1n) is 5.93. The van der Waals surface area contributed by atoms with Crippen LogP contribution in [0.1, 0.15) is 19.3 Å². The van der Waals surface area contributed by atoms with Gasteiger partial charge in [-0.2, -0.15) is 0 Å². The fraction of sp³-hybridized carbons (Fsp3) is 0.462. The Bertz CT molecular complexity index is 350. The number of hydrogen-bond donors (Lipinski definition) is 1. The summed E-state index contributed by atoms with van der Waals surface area (Å²) in [5.41, 5.74) is 1.05. The molecule has 4 heteroatoms. The molecule has 1 heterocycles. The first-order valence-corrected chi connectivity index (χ1v) is 6.33. The quantitative estimate of drug-likeness (QED) is 0.815. The summed E-state index contributed by atoms with van der Waals surface area (Å²) >= 11 is 5.28. The summed E-state index contributed by atoms with van der Waals surface area (Å²) in [6.07, 6.45) is 2.75. The lowest BCUT2D eigenvalue weighted by Crippen LogP contribution is -2.12. The van der Waals surface area contributed by atoms with Crippen LogP contribution in [0.5, 0.6) is 0 Å². The van der Waals surface area contributed by atoms with Gasteiger partial charge in [0.2, 0.25) is 0 Å². The fourth-order valence-electron chi connectivity index (χ4n) is 1.75. The van der Waals surface area contributed by atoms with Crippen LogP contribution in [0, 0.1) is 0 Å². The number of nitrogens with one attached hydrogen (secondary N) is 1. The van der Waals surface area contributed by atoms with Crippen LogP contribution in [0.3, 0.4) is 0 Å². The van der Waals surface area contributed by atoms with E-state index in [1.165, 1.54) is 0 Å². The van der Waals surface area contributed by atoms with Crippen molar-refractivity contribution in [2.45, 2.75) is 25.6 Å². The molecule has 1 saturated heterocycles. The fourth-order valence-corrected chi connectivity index (χ4v) is 2.01. The number of rotatable bonds is 5. The number of ether oxygens (including phenoxy) is 2. The first-order chi connectivity index (χ1) is 8.34. The van der Waals surface area contributed by atoms with Crippen LogP contribution in [0.25, 0.3) is 0 Å². The van der Waals surface area contributed by atoms with Gasteiger partial charge >= 0.3 is 0 Å². The standard InChI is InChI=1S/C13H17NO2S/c17-12(14-11-5-2-1-3-6-11)7-4-8-13-15-9-10-16-13/h1-3,5-6,13H,4,7-10H2,(H,14,17). The van der Waals surface area contributed by atoms with Crippen LogP contribution in [-0.2, 0) is 9.47 Å². The highest BCUT2D eigenvalue weighted by Gasteiger charge is 2.15. The minimum atomic E-state index is -0.0190. The van der Waals surface area contributed by atoms with Gasteiger partial charge in [-0.25, -0.2) is 0 Å². The Morgan fingerprint density at radius 3 is 2.65 bits per heavy atom. The molecule has 2 rings (SSSR count). The van der Waals surface area contributed by atoms with Gasteiger partial charge in [0.05, 0.1) is 18.2 Å². The lowest BCUT2D eigenvalue weighted by atomic mass is 10.2. The van der Waals surface area contributed by atoms with E-state index in [2.05, 4.69) is 5.32 Å². The first kappa shape index (κ1) is 12.5. The van der Waals surface area contributed by atoms with Crippen molar-refractivity contribution in [2.24, 2.45) is 0 Å². The molecule has 0 radical (unpaired) electrons. The van der Waals surface area contributed by atoms with Crippen molar-refractivity contribution in [2.75, 3.05) is 18.5 Å². The summed E-state index contributed by atoms with van der Waals surface area (Å²) in [6.45, 7) is 1.44. The van der Waals surface area contributed by atoms with Crippen LogP contribution < -0.4 is 5.32 Å². The molecule has 3 nitrogen and oxygen atoms in total. The monoisotopic (exact) mass is 251 g/mol. The van der Waals surface area contributed by atoms with Crippen molar-refractivity contribution in [3.8, 4) is 0 Å². The molecule has 1 aliphatic rings. The molecule has 1 fully saturated rings. The normalized spacial score (nSPS) is 16.0. The van der Waals surface area contributed by atoms with E-state index in [0.29, 0.717) is 0 Å². The maximum atomic E-state index is 5.37. The van der Waals surface area contributed by atoms with E-state index in [-0.39, 0.29) is 6.29 Å². The minimum absolute atomic E-state index is 0.0190. The van der Waals surface area contributed by atoms with E-state index in [0.717, 1.165) is 43.2 Å². The van der Waals surface area contributed by atoms with Crippen molar-refractivity contribution in [1.82, 2.24) is 0 Å². The molecule has 0 aromatic heterocycles. The minimum Gasteiger partial charge on any atom is -0.350 e. The topological polar surface area (TPSA) is 30.5 Å². The van der Waals surface area contributed by atoms with E-state index in [1.807, 2.05) is 30.3 Å². The predicted octanol–water partition coefficient (Wildman–Crippen LogP) is 2.97. The van der Waals surface area contributed by atoms with Gasteiger partial charge in [0.25, 0.3) is 0 Å². The highest BCUT2D eigenvalue weighted by atomic mass is 32.1. The van der Waals surface area contributed by atoms with Crippen LogP contribution in [0.4, 0.5) is 5.69 Å². The smallest absolute Gasteiger partial charge is 0.157 e. The maximum Gasteiger partial charge on any atom is 0.157 e. The van der Waals surface area contributed by atoms with Gasteiger partial charge in [0, 0.05) is 5.69 Å². The Labute approximate surface area is 107 Å². The number of benzene rings is 1. The van der Waals surface area contributed by atoms with Gasteiger partial charge in [-0.1, -0.05) is 30.4 Å². The molecular formula is C13H17NO2S. The van der Waals surface area contributed by atoms with Gasteiger partial charge in [-0.05, 0) is 31.4 Å². The zero-order valence-electron chi connectivity index (χ0n) is 9.72. The molecule has 0 atom stereocenters. The Morgan fingerprint density at radius 2 is 1.94 bits per heavy atom. The van der Waals surface area contributed by atoms with Gasteiger partial charge < -0.3 is 14.8 Å². The summed E-state index contributed by atoms with van der Waals surface area (Å²) < 4.78 is 10.7. The second kappa shape index (κ2) is 6.69. The van der Waals surface area contributed by atoms with E-state index >= 15 is 0 Å². The second-order valence-corrected chi connectivity index (χ2v) is 4.47. The highest BCUT2D eigenvalue weighted by Crippen LogP contribution is 2.13. The van der Waals surface area contributed by atoms with E-state index < -0.39 is 0 Å². The predicted molar refractivity (Wildman–Crippen MR) is 72.2 cm³/mol. The van der Waals surface area contributed by atoms with Crippen molar-refractivity contribution in [1.29, 1.82) is 0 Å². The van der Waals surface area contributed by atoms with Crippen LogP contribution >= 0.6 is 12.2 Å². The largest absolute Gasteiger partial charge is 0.350 e. The number of hydrogen-bond acceptors (Lipinski definition) is 3. The summed E-state index contributed by atoms with van der Waals surface area (Å²) in [4.78, 5) is 0.870. The van der Waals surface area contributed by atoms with E-state index in [9.17, 15) is 0 Å². The van der Waals surface area contributed by atoms with Crippen LogP contribution in [-0.4, -0.2) is 24.5 Å². The molecule has 0 aliphatic carbocycles. The van der Waals surface area contributed by atoms with Gasteiger partial charge in [0.1, 0.15) is 0 Å². The zero-order chi connectivity index (χ0) is 11.9. The van der Waals surface area contributed by atoms with Crippen molar-refractivity contribution in [3.63, 3.8) is 0 Å². The zero-order valence-corrected chi connectivity index (χ0v) is 10.5. The molecule has 92 valence electrons. The van der Waals surface area contributed by atoms with Crippen molar-refractivity contribution < 1.29 is 9.47 Å². The lowest BCUT2D eigenvalue weighted by molar-refractivity contribution is -0.0472. The van der Waals surface area contributed by atoms with Crippen molar-refractivity contribution in [3.05, 3.63) is 30.3 Å². The molecule has 0 spiro atoms. The molecule has 1 aromatic carbocycles. The lowest BCUT2D eigenvalue weighted by Gasteiger charge is -2.10. The third-order valence-corrected chi connectivity index (χ3v) is 2.90. The SMILES string of the molecule is S=C(CCCC1OCCO1)Nc1ccccc1. The average Bonchev–Trinajstić information content (AvgIpc) is 2.83. The molecule has 1 aliphatic heterocycles. The van der Waals surface area contributed by atoms with E-state index in [4.69, 9.17) is 21.7 Å². The Balaban J connectivity index is 1.64. The Kier molecular flexibility index (Phi) is 4.91. The van der Waals surface area contributed by atoms with Crippen LogP contribution in [0.15, 0.2) is 30.3 Å².